The fraction of sp³-hybridized carbons (Fsp3) is 0.417. The molecule has 0 saturated carbocycles. The van der Waals surface area contributed by atoms with Gasteiger partial charge in [0.15, 0.2) is 0 Å². The lowest BCUT2D eigenvalue weighted by Crippen LogP contribution is -2.32. The van der Waals surface area contributed by atoms with E-state index in [0.29, 0.717) is 17.4 Å². The molecule has 17 heavy (non-hydrogen) atoms. The van der Waals surface area contributed by atoms with Crippen molar-refractivity contribution in [1.82, 2.24) is 0 Å². The normalized spacial score (nSPS) is 12.2. The molecule has 0 bridgehead atoms. The number of carboxylic acid groups (broad SMARTS) is 1. The zero-order chi connectivity index (χ0) is 13.0. The lowest BCUT2D eigenvalue weighted by molar-refractivity contribution is -0.138. The first kappa shape index (κ1) is 13.8. The van der Waals surface area contributed by atoms with Crippen LogP contribution in [0.2, 0.25) is 5.02 Å². The summed E-state index contributed by atoms with van der Waals surface area (Å²) >= 11 is 6.01. The summed E-state index contributed by atoms with van der Waals surface area (Å²) in [6.45, 7) is 4.24. The van der Waals surface area contributed by atoms with Crippen molar-refractivity contribution in [2.45, 2.75) is 26.3 Å². The molecule has 0 aliphatic carbocycles. The van der Waals surface area contributed by atoms with E-state index in [1.54, 1.807) is 12.1 Å². The summed E-state index contributed by atoms with van der Waals surface area (Å²) < 4.78 is 5.45. The van der Waals surface area contributed by atoms with Crippen LogP contribution >= 0.6 is 11.6 Å². The maximum atomic E-state index is 10.7. The van der Waals surface area contributed by atoms with E-state index in [-0.39, 0.29) is 6.42 Å². The van der Waals surface area contributed by atoms with Gasteiger partial charge in [0.2, 0.25) is 0 Å². The van der Waals surface area contributed by atoms with Crippen molar-refractivity contribution < 1.29 is 14.6 Å². The molecule has 0 aromatic heterocycles. The number of benzene rings is 1. The highest BCUT2D eigenvalue weighted by molar-refractivity contribution is 6.31. The molecule has 94 valence electrons. The second kappa shape index (κ2) is 5.89. The van der Waals surface area contributed by atoms with Crippen LogP contribution < -0.4 is 10.5 Å². The van der Waals surface area contributed by atoms with Gasteiger partial charge >= 0.3 is 5.97 Å². The predicted octanol–water partition coefficient (Wildman–Crippen LogP) is 2.00. The number of hydrogen-bond donors (Lipinski definition) is 2. The highest BCUT2D eigenvalue weighted by atomic mass is 35.5. The molecule has 1 aromatic carbocycles. The molecule has 3 N–H and O–H groups in total. The zero-order valence-corrected chi connectivity index (χ0v) is 10.6. The molecular weight excluding hydrogens is 242 g/mol. The summed E-state index contributed by atoms with van der Waals surface area (Å²) in [7, 11) is 0. The lowest BCUT2D eigenvalue weighted by Gasteiger charge is -2.14. The average molecular weight is 258 g/mol. The Morgan fingerprint density at radius 2 is 2.24 bits per heavy atom. The van der Waals surface area contributed by atoms with Crippen molar-refractivity contribution in [2.75, 3.05) is 6.61 Å². The van der Waals surface area contributed by atoms with E-state index in [1.165, 1.54) is 0 Å². The van der Waals surface area contributed by atoms with E-state index >= 15 is 0 Å². The molecular formula is C12H16ClNO3. The molecule has 0 aliphatic rings. The van der Waals surface area contributed by atoms with Crippen LogP contribution in [0.15, 0.2) is 12.1 Å². The first-order valence-corrected chi connectivity index (χ1v) is 5.73. The Hall–Kier alpha value is -1.26. The Morgan fingerprint density at radius 3 is 2.76 bits per heavy atom. The molecule has 1 unspecified atom stereocenters. The Morgan fingerprint density at radius 1 is 1.59 bits per heavy atom. The van der Waals surface area contributed by atoms with E-state index in [0.717, 1.165) is 11.1 Å². The highest BCUT2D eigenvalue weighted by Crippen LogP contribution is 2.27. The van der Waals surface area contributed by atoms with Crippen molar-refractivity contribution in [2.24, 2.45) is 5.73 Å². The molecule has 1 aromatic rings. The van der Waals surface area contributed by atoms with Gasteiger partial charge in [-0.15, -0.1) is 0 Å². The second-order valence-corrected chi connectivity index (χ2v) is 4.20. The molecule has 0 aliphatic heterocycles. The third-order valence-electron chi connectivity index (χ3n) is 2.40. The number of hydrogen-bond acceptors (Lipinski definition) is 3. The Bertz CT molecular complexity index is 420. The van der Waals surface area contributed by atoms with Crippen LogP contribution in [-0.2, 0) is 11.2 Å². The maximum Gasteiger partial charge on any atom is 0.320 e. The molecule has 0 saturated heterocycles. The molecule has 0 radical (unpaired) electrons. The molecule has 0 fully saturated rings. The number of aliphatic carboxylic acids is 1. The van der Waals surface area contributed by atoms with E-state index in [1.807, 2.05) is 13.8 Å². The fourth-order valence-electron chi connectivity index (χ4n) is 1.47. The summed E-state index contributed by atoms with van der Waals surface area (Å²) in [6, 6.07) is 2.56. The van der Waals surface area contributed by atoms with Crippen LogP contribution in [0.4, 0.5) is 0 Å². The van der Waals surface area contributed by atoms with Gasteiger partial charge in [0.25, 0.3) is 0 Å². The smallest absolute Gasteiger partial charge is 0.320 e. The minimum absolute atomic E-state index is 0.199. The van der Waals surface area contributed by atoms with Crippen molar-refractivity contribution >= 4 is 17.6 Å². The topological polar surface area (TPSA) is 72.5 Å². The summed E-state index contributed by atoms with van der Waals surface area (Å²) in [4.78, 5) is 10.7. The van der Waals surface area contributed by atoms with E-state index in [2.05, 4.69) is 0 Å². The molecule has 0 heterocycles. The molecule has 1 atom stereocenters. The molecule has 0 amide bonds. The number of halogens is 1. The quantitative estimate of drug-likeness (QED) is 0.846. The third-order valence-corrected chi connectivity index (χ3v) is 2.81. The number of ether oxygens (including phenoxy) is 1. The van der Waals surface area contributed by atoms with Gasteiger partial charge < -0.3 is 15.6 Å². The van der Waals surface area contributed by atoms with Gasteiger partial charge in [-0.3, -0.25) is 4.79 Å². The van der Waals surface area contributed by atoms with Crippen molar-refractivity contribution in [1.29, 1.82) is 0 Å². The van der Waals surface area contributed by atoms with Gasteiger partial charge in [-0.05, 0) is 37.1 Å². The van der Waals surface area contributed by atoms with Gasteiger partial charge in [0.05, 0.1) is 6.61 Å². The van der Waals surface area contributed by atoms with Crippen LogP contribution in [0, 0.1) is 6.92 Å². The van der Waals surface area contributed by atoms with Crippen LogP contribution in [-0.4, -0.2) is 23.7 Å². The first-order chi connectivity index (χ1) is 7.95. The summed E-state index contributed by atoms with van der Waals surface area (Å²) in [5.74, 6) is -0.393. The van der Waals surface area contributed by atoms with Crippen LogP contribution in [0.25, 0.3) is 0 Å². The zero-order valence-electron chi connectivity index (χ0n) is 9.87. The fourth-order valence-corrected chi connectivity index (χ4v) is 1.66. The van der Waals surface area contributed by atoms with E-state index < -0.39 is 12.0 Å². The number of carbonyl (C=O) groups is 1. The minimum atomic E-state index is -1.04. The summed E-state index contributed by atoms with van der Waals surface area (Å²) in [6.07, 6.45) is 0.199. The SMILES string of the molecule is CCOc1cc(C)c(Cl)cc1CC(N)C(=O)O. The minimum Gasteiger partial charge on any atom is -0.494 e. The van der Waals surface area contributed by atoms with Crippen molar-refractivity contribution in [3.8, 4) is 5.75 Å². The van der Waals surface area contributed by atoms with E-state index in [4.69, 9.17) is 27.2 Å². The number of carboxylic acids is 1. The summed E-state index contributed by atoms with van der Waals surface area (Å²) in [5, 5.41) is 9.37. The summed E-state index contributed by atoms with van der Waals surface area (Å²) in [5.41, 5.74) is 7.11. The van der Waals surface area contributed by atoms with Gasteiger partial charge in [0, 0.05) is 11.4 Å². The van der Waals surface area contributed by atoms with Crippen molar-refractivity contribution in [3.63, 3.8) is 0 Å². The Kier molecular flexibility index (Phi) is 4.78. The number of aryl methyl sites for hydroxylation is 1. The predicted molar refractivity (Wildman–Crippen MR) is 66.7 cm³/mol. The molecule has 1 rings (SSSR count). The second-order valence-electron chi connectivity index (χ2n) is 3.79. The number of nitrogens with two attached hydrogens (primary N) is 1. The van der Waals surface area contributed by atoms with Crippen LogP contribution in [0.3, 0.4) is 0 Å². The van der Waals surface area contributed by atoms with Crippen LogP contribution in [0.5, 0.6) is 5.75 Å². The van der Waals surface area contributed by atoms with Gasteiger partial charge in [0.1, 0.15) is 11.8 Å². The van der Waals surface area contributed by atoms with Crippen LogP contribution in [0.1, 0.15) is 18.1 Å². The monoisotopic (exact) mass is 257 g/mol. The highest BCUT2D eigenvalue weighted by Gasteiger charge is 2.16. The average Bonchev–Trinajstić information content (AvgIpc) is 2.25. The molecule has 0 spiro atoms. The van der Waals surface area contributed by atoms with Crippen molar-refractivity contribution in [3.05, 3.63) is 28.3 Å². The third kappa shape index (κ3) is 3.61. The Labute approximate surface area is 105 Å². The largest absolute Gasteiger partial charge is 0.494 e. The van der Waals surface area contributed by atoms with Gasteiger partial charge in [-0.25, -0.2) is 0 Å². The molecule has 4 nitrogen and oxygen atoms in total. The number of rotatable bonds is 5. The molecule has 5 heteroatoms. The van der Waals surface area contributed by atoms with Gasteiger partial charge in [-0.1, -0.05) is 11.6 Å². The standard InChI is InChI=1S/C12H16ClNO3/c1-3-17-11-4-7(2)9(13)5-8(11)6-10(14)12(15)16/h4-5,10H,3,6,14H2,1-2H3,(H,15,16). The maximum absolute atomic E-state index is 10.7. The first-order valence-electron chi connectivity index (χ1n) is 5.36. The van der Waals surface area contributed by atoms with E-state index in [9.17, 15) is 4.79 Å². The Balaban J connectivity index is 3.03. The van der Waals surface area contributed by atoms with Gasteiger partial charge in [-0.2, -0.15) is 0 Å². The lowest BCUT2D eigenvalue weighted by atomic mass is 10.0.